The smallest absolute Gasteiger partial charge is 0.0992 e. The molecule has 4 rings (SSSR count). The summed E-state index contributed by atoms with van der Waals surface area (Å²) < 4.78 is 11.1. The fourth-order valence-electron chi connectivity index (χ4n) is 6.68. The molecule has 3 heterocycles. The molecule has 0 spiro atoms. The molecule has 0 aromatic carbocycles. The second kappa shape index (κ2) is 10.8. The summed E-state index contributed by atoms with van der Waals surface area (Å²) in [5.74, 6) is 1.69. The summed E-state index contributed by atoms with van der Waals surface area (Å²) in [6, 6.07) is 0.812. The van der Waals surface area contributed by atoms with E-state index in [1.165, 1.54) is 25.7 Å². The molecule has 0 bridgehead atoms. The first-order valence-corrected chi connectivity index (χ1v) is 13.0. The lowest BCUT2D eigenvalue weighted by atomic mass is 9.66. The molecule has 4 unspecified atom stereocenters. The summed E-state index contributed by atoms with van der Waals surface area (Å²) in [4.78, 5) is 5.05. The lowest BCUT2D eigenvalue weighted by molar-refractivity contribution is -0.766. The van der Waals surface area contributed by atoms with Gasteiger partial charge in [0.15, 0.2) is 0 Å². The minimum absolute atomic E-state index is 0.256. The molecule has 4 fully saturated rings. The van der Waals surface area contributed by atoms with Crippen LogP contribution in [0.3, 0.4) is 0 Å². The first kappa shape index (κ1) is 23.9. The number of quaternary nitrogens is 1. The van der Waals surface area contributed by atoms with Crippen LogP contribution in [-0.2, 0) is 9.47 Å². The van der Waals surface area contributed by atoms with Crippen molar-refractivity contribution in [3.8, 4) is 0 Å². The molecule has 6 heteroatoms. The topological polar surface area (TPSA) is 64.6 Å². The monoisotopic (exact) mass is 437 g/mol. The van der Waals surface area contributed by atoms with Gasteiger partial charge in [-0.25, -0.2) is 0 Å². The van der Waals surface area contributed by atoms with Crippen molar-refractivity contribution in [3.63, 3.8) is 0 Å². The van der Waals surface area contributed by atoms with Crippen molar-refractivity contribution in [2.75, 3.05) is 65.7 Å². The number of nitrogens with zero attached hydrogens (tertiary/aromatic N) is 2. The molecule has 31 heavy (non-hydrogen) atoms. The van der Waals surface area contributed by atoms with E-state index >= 15 is 0 Å². The van der Waals surface area contributed by atoms with Crippen molar-refractivity contribution in [2.45, 2.75) is 71.1 Å². The number of hydrogen-bond acceptors (Lipinski definition) is 5. The molecular formula is C25H47N3O3. The summed E-state index contributed by atoms with van der Waals surface area (Å²) in [6.07, 6.45) is 5.73. The Bertz CT molecular complexity index is 535. The van der Waals surface area contributed by atoms with E-state index in [0.717, 1.165) is 78.0 Å². The molecule has 2 N–H and O–H groups in total. The Morgan fingerprint density at radius 3 is 1.94 bits per heavy atom. The van der Waals surface area contributed by atoms with Crippen LogP contribution in [0.15, 0.2) is 0 Å². The van der Waals surface area contributed by atoms with E-state index in [2.05, 4.69) is 35.9 Å². The third-order valence-electron chi connectivity index (χ3n) is 8.68. The van der Waals surface area contributed by atoms with Gasteiger partial charge in [0.1, 0.15) is 0 Å². The van der Waals surface area contributed by atoms with Gasteiger partial charge in [-0.2, -0.15) is 0 Å². The number of piperidine rings is 1. The van der Waals surface area contributed by atoms with Crippen molar-refractivity contribution in [1.82, 2.24) is 9.80 Å². The lowest BCUT2D eigenvalue weighted by Crippen LogP contribution is -3.03. The van der Waals surface area contributed by atoms with Crippen molar-refractivity contribution in [3.05, 3.63) is 0 Å². The van der Waals surface area contributed by atoms with Crippen LogP contribution >= 0.6 is 0 Å². The Morgan fingerprint density at radius 2 is 1.39 bits per heavy atom. The second-order valence-electron chi connectivity index (χ2n) is 11.8. The van der Waals surface area contributed by atoms with Crippen molar-refractivity contribution in [1.29, 1.82) is 0 Å². The molecule has 4 atom stereocenters. The molecular weight excluding hydrogens is 390 g/mol. The van der Waals surface area contributed by atoms with E-state index in [0.29, 0.717) is 17.4 Å². The van der Waals surface area contributed by atoms with E-state index in [1.54, 1.807) is 0 Å². The van der Waals surface area contributed by atoms with E-state index in [-0.39, 0.29) is 12.0 Å². The standard InChI is InChI=1S/C25H46N3O3/c1-25(2,3)21-6-4-19(5-7-21)23-24(29)20(17-27-8-12-30-13-9-27)16-22(26-23)18-28-10-14-31-15-11-28/h19-24,26H,4-18H2,1-3H3/q-1/p+1. The zero-order valence-electron chi connectivity index (χ0n) is 20.3. The van der Waals surface area contributed by atoms with Crippen LogP contribution in [0.25, 0.3) is 0 Å². The van der Waals surface area contributed by atoms with Gasteiger partial charge in [-0.3, -0.25) is 9.80 Å². The first-order valence-electron chi connectivity index (χ1n) is 13.0. The van der Waals surface area contributed by atoms with E-state index in [4.69, 9.17) is 9.47 Å². The number of morpholine rings is 2. The van der Waals surface area contributed by atoms with Gasteiger partial charge in [-0.15, -0.1) is 0 Å². The summed E-state index contributed by atoms with van der Waals surface area (Å²) in [5.41, 5.74) is 0.399. The predicted octanol–water partition coefficient (Wildman–Crippen LogP) is 0.553. The molecule has 0 aromatic rings. The Kier molecular flexibility index (Phi) is 8.32. The van der Waals surface area contributed by atoms with Crippen LogP contribution in [0, 0.1) is 23.2 Å². The Morgan fingerprint density at radius 1 is 0.839 bits per heavy atom. The van der Waals surface area contributed by atoms with E-state index in [1.807, 2.05) is 0 Å². The fourth-order valence-corrected chi connectivity index (χ4v) is 6.68. The van der Waals surface area contributed by atoms with Crippen LogP contribution in [0.4, 0.5) is 0 Å². The van der Waals surface area contributed by atoms with Gasteiger partial charge in [0.2, 0.25) is 0 Å². The Balaban J connectivity index is 1.40. The van der Waals surface area contributed by atoms with Crippen molar-refractivity contribution in [2.24, 2.45) is 23.2 Å². The molecule has 0 aromatic heterocycles. The Hall–Kier alpha value is -0.240. The predicted molar refractivity (Wildman–Crippen MR) is 121 cm³/mol. The highest BCUT2D eigenvalue weighted by Crippen LogP contribution is 2.41. The highest BCUT2D eigenvalue weighted by Gasteiger charge is 2.42. The van der Waals surface area contributed by atoms with Crippen LogP contribution in [0.1, 0.15) is 52.9 Å². The Labute approximate surface area is 190 Å². The van der Waals surface area contributed by atoms with Gasteiger partial charge < -0.3 is 19.9 Å². The summed E-state index contributed by atoms with van der Waals surface area (Å²) in [7, 11) is 0. The first-order chi connectivity index (χ1) is 14.9. The maximum absolute atomic E-state index is 13.8. The lowest BCUT2D eigenvalue weighted by Gasteiger charge is -2.50. The van der Waals surface area contributed by atoms with Crippen molar-refractivity contribution >= 4 is 0 Å². The van der Waals surface area contributed by atoms with Crippen molar-refractivity contribution < 1.29 is 19.9 Å². The van der Waals surface area contributed by atoms with Gasteiger partial charge in [0.25, 0.3) is 0 Å². The van der Waals surface area contributed by atoms with E-state index in [9.17, 15) is 5.11 Å². The van der Waals surface area contributed by atoms with Crippen LogP contribution in [-0.4, -0.2) is 93.7 Å². The van der Waals surface area contributed by atoms with E-state index < -0.39 is 6.10 Å². The maximum Gasteiger partial charge on any atom is 0.0992 e. The molecule has 6 nitrogen and oxygen atoms in total. The minimum atomic E-state index is -0.431. The summed E-state index contributed by atoms with van der Waals surface area (Å²) in [6.45, 7) is 16.7. The largest absolute Gasteiger partial charge is 0.847 e. The summed E-state index contributed by atoms with van der Waals surface area (Å²) >= 11 is 0. The average Bonchev–Trinajstić information content (AvgIpc) is 2.77. The van der Waals surface area contributed by atoms with Crippen LogP contribution < -0.4 is 10.4 Å². The highest BCUT2D eigenvalue weighted by atomic mass is 16.5. The normalized spacial score (nSPS) is 39.5. The maximum atomic E-state index is 13.8. The van der Waals surface area contributed by atoms with Crippen LogP contribution in [0.2, 0.25) is 0 Å². The second-order valence-corrected chi connectivity index (χ2v) is 11.8. The van der Waals surface area contributed by atoms with Gasteiger partial charge in [0.05, 0.1) is 45.1 Å². The van der Waals surface area contributed by atoms with Gasteiger partial charge in [-0.1, -0.05) is 26.9 Å². The zero-order valence-corrected chi connectivity index (χ0v) is 20.3. The van der Waals surface area contributed by atoms with Gasteiger partial charge >= 0.3 is 0 Å². The molecule has 1 aliphatic carbocycles. The number of hydrogen-bond donors (Lipinski definition) is 1. The fraction of sp³-hybridized carbons (Fsp3) is 1.00. The molecule has 180 valence electrons. The molecule has 1 saturated carbocycles. The summed E-state index contributed by atoms with van der Waals surface area (Å²) in [5, 5.41) is 16.3. The highest BCUT2D eigenvalue weighted by molar-refractivity contribution is 4.91. The number of nitrogens with two attached hydrogens (primary N) is 1. The molecule has 3 saturated heterocycles. The third-order valence-corrected chi connectivity index (χ3v) is 8.68. The number of rotatable bonds is 5. The van der Waals surface area contributed by atoms with Gasteiger partial charge in [0, 0.05) is 45.1 Å². The average molecular weight is 438 g/mol. The molecule has 4 aliphatic rings. The quantitative estimate of drug-likeness (QED) is 0.681. The van der Waals surface area contributed by atoms with Crippen LogP contribution in [0.5, 0.6) is 0 Å². The third kappa shape index (κ3) is 6.42. The molecule has 0 radical (unpaired) electrons. The molecule has 0 amide bonds. The SMILES string of the molecule is CC(C)(C)C1CCC(C2[NH2+]C(CN3CCOCC3)CC(CN3CCOCC3)C2[O-])CC1. The number of ether oxygens (including phenoxy) is 2. The minimum Gasteiger partial charge on any atom is -0.847 e. The molecule has 3 aliphatic heterocycles. The zero-order chi connectivity index (χ0) is 21.8. The van der Waals surface area contributed by atoms with Gasteiger partial charge in [-0.05, 0) is 42.9 Å².